The normalized spacial score (nSPS) is 11.4. The average Bonchev–Trinajstić information content (AvgIpc) is 2.71. The highest BCUT2D eigenvalue weighted by molar-refractivity contribution is 7.11. The molecule has 7 heteroatoms. The van der Waals surface area contributed by atoms with Crippen LogP contribution in [-0.4, -0.2) is 11.3 Å². The lowest BCUT2D eigenvalue weighted by Crippen LogP contribution is -2.17. The van der Waals surface area contributed by atoms with Crippen LogP contribution in [0.4, 0.5) is 18.9 Å². The molecule has 0 radical (unpaired) electrons. The van der Waals surface area contributed by atoms with Crippen LogP contribution in [0.2, 0.25) is 0 Å². The number of nitrogens with zero attached hydrogens (tertiary/aromatic N) is 1. The predicted molar refractivity (Wildman–Crippen MR) is 67.3 cm³/mol. The Kier molecular flexibility index (Phi) is 3.94. The van der Waals surface area contributed by atoms with E-state index in [-0.39, 0.29) is 5.75 Å². The molecule has 0 aliphatic heterocycles. The summed E-state index contributed by atoms with van der Waals surface area (Å²) in [6.45, 7) is 2.41. The number of benzene rings is 1. The Hall–Kier alpha value is -1.76. The molecular formula is C12H11F3N2OS. The first kappa shape index (κ1) is 13.7. The number of thiazole rings is 1. The number of alkyl halides is 3. The summed E-state index contributed by atoms with van der Waals surface area (Å²) in [5.41, 5.74) is 0.563. The first-order valence-corrected chi connectivity index (χ1v) is 6.25. The minimum absolute atomic E-state index is 0.238. The summed E-state index contributed by atoms with van der Waals surface area (Å²) in [4.78, 5) is 5.11. The lowest BCUT2D eigenvalue weighted by atomic mass is 10.3. The van der Waals surface area contributed by atoms with Crippen molar-refractivity contribution in [1.82, 2.24) is 4.98 Å². The number of aromatic nitrogens is 1. The summed E-state index contributed by atoms with van der Waals surface area (Å²) >= 11 is 1.54. The van der Waals surface area contributed by atoms with Gasteiger partial charge in [0.15, 0.2) is 0 Å². The molecule has 0 amide bonds. The number of ether oxygens (including phenoxy) is 1. The van der Waals surface area contributed by atoms with Crippen molar-refractivity contribution in [3.05, 3.63) is 40.3 Å². The van der Waals surface area contributed by atoms with Crippen LogP contribution in [0.5, 0.6) is 5.75 Å². The Morgan fingerprint density at radius 2 is 2.16 bits per heavy atom. The zero-order valence-electron chi connectivity index (χ0n) is 9.99. The van der Waals surface area contributed by atoms with Crippen LogP contribution >= 0.6 is 11.3 Å². The summed E-state index contributed by atoms with van der Waals surface area (Å²) < 4.78 is 40.1. The molecule has 1 aromatic heterocycles. The Bertz CT molecular complexity index is 554. The lowest BCUT2D eigenvalue weighted by molar-refractivity contribution is -0.274. The van der Waals surface area contributed by atoms with Crippen molar-refractivity contribution in [1.29, 1.82) is 0 Å². The summed E-state index contributed by atoms with van der Waals surface area (Å²) in [6.07, 6.45) is -2.93. The maximum Gasteiger partial charge on any atom is 0.573 e. The molecule has 3 nitrogen and oxygen atoms in total. The second kappa shape index (κ2) is 5.48. The third-order valence-corrected chi connectivity index (χ3v) is 3.12. The number of hydrogen-bond acceptors (Lipinski definition) is 4. The smallest absolute Gasteiger partial charge is 0.406 e. The molecule has 0 saturated carbocycles. The molecule has 1 aromatic carbocycles. The molecule has 1 N–H and O–H groups in total. The van der Waals surface area contributed by atoms with E-state index in [2.05, 4.69) is 15.0 Å². The van der Waals surface area contributed by atoms with Crippen molar-refractivity contribution in [2.24, 2.45) is 0 Å². The fraction of sp³-hybridized carbons (Fsp3) is 0.250. The van der Waals surface area contributed by atoms with Gasteiger partial charge in [-0.2, -0.15) is 0 Å². The van der Waals surface area contributed by atoms with Crippen LogP contribution in [0.1, 0.15) is 9.88 Å². The van der Waals surface area contributed by atoms with Gasteiger partial charge < -0.3 is 10.1 Å². The molecule has 19 heavy (non-hydrogen) atoms. The molecule has 0 saturated heterocycles. The average molecular weight is 288 g/mol. The van der Waals surface area contributed by atoms with E-state index < -0.39 is 6.36 Å². The summed E-state index contributed by atoms with van der Waals surface area (Å²) in [6, 6.07) is 5.75. The fourth-order valence-corrected chi connectivity index (χ4v) is 2.21. The molecule has 0 atom stereocenters. The maximum atomic E-state index is 12.1. The number of hydrogen-bond donors (Lipinski definition) is 1. The van der Waals surface area contributed by atoms with Crippen molar-refractivity contribution in [2.75, 3.05) is 5.32 Å². The topological polar surface area (TPSA) is 34.2 Å². The van der Waals surface area contributed by atoms with Gasteiger partial charge in [0.05, 0.1) is 11.6 Å². The lowest BCUT2D eigenvalue weighted by Gasteiger charge is -2.10. The predicted octanol–water partition coefficient (Wildman–Crippen LogP) is 3.96. The van der Waals surface area contributed by atoms with Gasteiger partial charge in [-0.25, -0.2) is 4.98 Å². The van der Waals surface area contributed by atoms with Gasteiger partial charge in [0.25, 0.3) is 0 Å². The highest BCUT2D eigenvalue weighted by Gasteiger charge is 2.31. The van der Waals surface area contributed by atoms with Gasteiger partial charge >= 0.3 is 6.36 Å². The number of aryl methyl sites for hydroxylation is 1. The van der Waals surface area contributed by atoms with Gasteiger partial charge in [-0.3, -0.25) is 0 Å². The molecule has 0 spiro atoms. The van der Waals surface area contributed by atoms with Crippen molar-refractivity contribution >= 4 is 17.0 Å². The molecule has 0 fully saturated rings. The Morgan fingerprint density at radius 1 is 1.37 bits per heavy atom. The van der Waals surface area contributed by atoms with Gasteiger partial charge in [0, 0.05) is 22.8 Å². The zero-order valence-corrected chi connectivity index (χ0v) is 10.8. The van der Waals surface area contributed by atoms with E-state index in [0.29, 0.717) is 12.2 Å². The molecule has 102 valence electrons. The van der Waals surface area contributed by atoms with Crippen molar-refractivity contribution in [2.45, 2.75) is 19.8 Å². The van der Waals surface area contributed by atoms with Gasteiger partial charge in [0.1, 0.15) is 5.75 Å². The summed E-state index contributed by atoms with van der Waals surface area (Å²) in [5.74, 6) is -0.238. The third-order valence-electron chi connectivity index (χ3n) is 2.20. The van der Waals surface area contributed by atoms with Crippen LogP contribution < -0.4 is 10.1 Å². The Labute approximate surface area is 112 Å². The van der Waals surface area contributed by atoms with Crippen molar-refractivity contribution in [3.8, 4) is 5.75 Å². The summed E-state index contributed by atoms with van der Waals surface area (Å²) in [7, 11) is 0. The largest absolute Gasteiger partial charge is 0.573 e. The van der Waals surface area contributed by atoms with E-state index in [4.69, 9.17) is 0 Å². The van der Waals surface area contributed by atoms with Crippen LogP contribution in [-0.2, 0) is 6.54 Å². The van der Waals surface area contributed by atoms with E-state index in [9.17, 15) is 13.2 Å². The number of anilines is 1. The maximum absolute atomic E-state index is 12.1. The highest BCUT2D eigenvalue weighted by atomic mass is 32.1. The molecule has 2 aromatic rings. The molecule has 0 aliphatic rings. The quantitative estimate of drug-likeness (QED) is 0.924. The van der Waals surface area contributed by atoms with Crippen LogP contribution in [0.15, 0.2) is 30.5 Å². The molecule has 1 heterocycles. The fourth-order valence-electron chi connectivity index (χ4n) is 1.48. The van der Waals surface area contributed by atoms with E-state index in [1.54, 1.807) is 12.3 Å². The summed E-state index contributed by atoms with van der Waals surface area (Å²) in [5, 5.41) is 3.97. The second-order valence-corrected chi connectivity index (χ2v) is 5.09. The zero-order chi connectivity index (χ0) is 13.9. The molecule has 0 bridgehead atoms. The van der Waals surface area contributed by atoms with E-state index in [1.165, 1.54) is 29.5 Å². The standard InChI is InChI=1S/C12H11F3N2OS/c1-8-16-6-11(19-8)7-17-9-3-2-4-10(5-9)18-12(13,14)15/h2-6,17H,7H2,1H3. The van der Waals surface area contributed by atoms with Gasteiger partial charge in [-0.1, -0.05) is 6.07 Å². The van der Waals surface area contributed by atoms with Gasteiger partial charge in [-0.15, -0.1) is 24.5 Å². The van der Waals surface area contributed by atoms with Crippen molar-refractivity contribution < 1.29 is 17.9 Å². The SMILES string of the molecule is Cc1ncc(CNc2cccc(OC(F)(F)F)c2)s1. The van der Waals surface area contributed by atoms with Crippen LogP contribution in [0, 0.1) is 6.92 Å². The van der Waals surface area contributed by atoms with Gasteiger partial charge in [0.2, 0.25) is 0 Å². The number of rotatable bonds is 4. The van der Waals surface area contributed by atoms with Crippen LogP contribution in [0.3, 0.4) is 0 Å². The molecule has 0 unspecified atom stereocenters. The first-order chi connectivity index (χ1) is 8.92. The monoisotopic (exact) mass is 288 g/mol. The molecule has 0 aliphatic carbocycles. The number of halogens is 3. The van der Waals surface area contributed by atoms with Crippen LogP contribution in [0.25, 0.3) is 0 Å². The second-order valence-electron chi connectivity index (χ2n) is 3.77. The first-order valence-electron chi connectivity index (χ1n) is 5.43. The molecule has 2 rings (SSSR count). The van der Waals surface area contributed by atoms with E-state index in [1.807, 2.05) is 6.92 Å². The van der Waals surface area contributed by atoms with E-state index >= 15 is 0 Å². The van der Waals surface area contributed by atoms with Crippen molar-refractivity contribution in [3.63, 3.8) is 0 Å². The van der Waals surface area contributed by atoms with E-state index in [0.717, 1.165) is 9.88 Å². The highest BCUT2D eigenvalue weighted by Crippen LogP contribution is 2.25. The molecular weight excluding hydrogens is 277 g/mol. The third kappa shape index (κ3) is 4.44. The minimum atomic E-state index is -4.67. The van der Waals surface area contributed by atoms with Gasteiger partial charge in [-0.05, 0) is 19.1 Å². The number of nitrogens with one attached hydrogen (secondary N) is 1. The Balaban J connectivity index is 1.99. The minimum Gasteiger partial charge on any atom is -0.406 e. The Morgan fingerprint density at radius 3 is 2.79 bits per heavy atom.